The normalized spacial score (nSPS) is 9.91. The van der Waals surface area contributed by atoms with Crippen molar-refractivity contribution in [3.8, 4) is 5.75 Å². The number of carbonyl (C=O) groups is 2. The standard InChI is InChI=1S/C15H13ClN2O4/c1-21-13-6-5-10(8-11(13)16)18-14(19)9-22-15(20)12-4-2-3-7-17-12/h2-8H,9H2,1H3,(H,18,19). The van der Waals surface area contributed by atoms with Crippen LogP contribution in [-0.4, -0.2) is 30.6 Å². The van der Waals surface area contributed by atoms with Gasteiger partial charge in [0.15, 0.2) is 6.61 Å². The summed E-state index contributed by atoms with van der Waals surface area (Å²) in [4.78, 5) is 27.2. The molecule has 0 aliphatic heterocycles. The summed E-state index contributed by atoms with van der Waals surface area (Å²) in [5.41, 5.74) is 0.618. The number of benzene rings is 1. The highest BCUT2D eigenvalue weighted by atomic mass is 35.5. The number of halogens is 1. The lowest BCUT2D eigenvalue weighted by molar-refractivity contribution is -0.119. The van der Waals surface area contributed by atoms with E-state index in [0.29, 0.717) is 16.5 Å². The first-order chi connectivity index (χ1) is 10.6. The van der Waals surface area contributed by atoms with E-state index < -0.39 is 18.5 Å². The topological polar surface area (TPSA) is 77.5 Å². The second-order valence-electron chi connectivity index (χ2n) is 4.19. The maximum Gasteiger partial charge on any atom is 0.357 e. The molecule has 2 rings (SSSR count). The van der Waals surface area contributed by atoms with Gasteiger partial charge >= 0.3 is 5.97 Å². The van der Waals surface area contributed by atoms with Crippen LogP contribution < -0.4 is 10.1 Å². The predicted octanol–water partition coefficient (Wildman–Crippen LogP) is 2.54. The molecule has 6 nitrogen and oxygen atoms in total. The van der Waals surface area contributed by atoms with Gasteiger partial charge in [0.1, 0.15) is 11.4 Å². The van der Waals surface area contributed by atoms with Crippen LogP contribution in [0.1, 0.15) is 10.5 Å². The number of ether oxygens (including phenoxy) is 2. The maximum atomic E-state index is 11.7. The molecular weight excluding hydrogens is 308 g/mol. The first-order valence-corrected chi connectivity index (χ1v) is 6.69. The Morgan fingerprint density at radius 3 is 2.73 bits per heavy atom. The van der Waals surface area contributed by atoms with E-state index in [0.717, 1.165) is 0 Å². The Labute approximate surface area is 132 Å². The summed E-state index contributed by atoms with van der Waals surface area (Å²) >= 11 is 5.95. The van der Waals surface area contributed by atoms with Crippen LogP contribution >= 0.6 is 11.6 Å². The molecule has 0 bridgehead atoms. The fraction of sp³-hybridized carbons (Fsp3) is 0.133. The first-order valence-electron chi connectivity index (χ1n) is 6.31. The Balaban J connectivity index is 1.88. The summed E-state index contributed by atoms with van der Waals surface area (Å²) in [6, 6.07) is 9.63. The number of pyridine rings is 1. The highest BCUT2D eigenvalue weighted by molar-refractivity contribution is 6.32. The second kappa shape index (κ2) is 7.42. The summed E-state index contributed by atoms with van der Waals surface area (Å²) in [7, 11) is 1.50. The summed E-state index contributed by atoms with van der Waals surface area (Å²) in [5.74, 6) is -0.643. The molecule has 7 heteroatoms. The number of esters is 1. The predicted molar refractivity (Wildman–Crippen MR) is 81.2 cm³/mol. The van der Waals surface area contributed by atoms with Crippen molar-refractivity contribution in [2.75, 3.05) is 19.0 Å². The minimum Gasteiger partial charge on any atom is -0.495 e. The SMILES string of the molecule is COc1ccc(NC(=O)COC(=O)c2ccccn2)cc1Cl. The number of hydrogen-bond donors (Lipinski definition) is 1. The molecule has 1 amide bonds. The molecule has 114 valence electrons. The van der Waals surface area contributed by atoms with Gasteiger partial charge in [-0.25, -0.2) is 9.78 Å². The Morgan fingerprint density at radius 2 is 2.09 bits per heavy atom. The maximum absolute atomic E-state index is 11.7. The number of nitrogens with zero attached hydrogens (tertiary/aromatic N) is 1. The summed E-state index contributed by atoms with van der Waals surface area (Å²) < 4.78 is 9.88. The highest BCUT2D eigenvalue weighted by Crippen LogP contribution is 2.27. The Hall–Kier alpha value is -2.60. The number of anilines is 1. The minimum absolute atomic E-state index is 0.141. The third-order valence-electron chi connectivity index (χ3n) is 2.64. The molecular formula is C15H13ClN2O4. The van der Waals surface area contributed by atoms with Crippen LogP contribution in [0.4, 0.5) is 5.69 Å². The number of methoxy groups -OCH3 is 1. The summed E-state index contributed by atoms with van der Waals surface area (Å²) in [5, 5.41) is 2.93. The van der Waals surface area contributed by atoms with E-state index >= 15 is 0 Å². The van der Waals surface area contributed by atoms with E-state index in [1.807, 2.05) is 0 Å². The fourth-order valence-electron chi connectivity index (χ4n) is 1.63. The van der Waals surface area contributed by atoms with Gasteiger partial charge in [0.2, 0.25) is 0 Å². The molecule has 0 atom stereocenters. The number of nitrogens with one attached hydrogen (secondary N) is 1. The average Bonchev–Trinajstić information content (AvgIpc) is 2.53. The average molecular weight is 321 g/mol. The van der Waals surface area contributed by atoms with Crippen molar-refractivity contribution in [2.45, 2.75) is 0 Å². The monoisotopic (exact) mass is 320 g/mol. The Bertz CT molecular complexity index is 676. The zero-order chi connectivity index (χ0) is 15.9. The van der Waals surface area contributed by atoms with Gasteiger partial charge < -0.3 is 14.8 Å². The molecule has 0 saturated carbocycles. The van der Waals surface area contributed by atoms with Crippen LogP contribution in [0.3, 0.4) is 0 Å². The van der Waals surface area contributed by atoms with E-state index in [1.165, 1.54) is 19.4 Å². The van der Waals surface area contributed by atoms with Gasteiger partial charge in [-0.05, 0) is 30.3 Å². The van der Waals surface area contributed by atoms with Gasteiger partial charge in [-0.3, -0.25) is 4.79 Å². The number of aromatic nitrogens is 1. The molecule has 2 aromatic rings. The van der Waals surface area contributed by atoms with Crippen LogP contribution in [0.5, 0.6) is 5.75 Å². The van der Waals surface area contributed by atoms with Crippen molar-refractivity contribution >= 4 is 29.2 Å². The molecule has 1 N–H and O–H groups in total. The van der Waals surface area contributed by atoms with Crippen molar-refractivity contribution in [2.24, 2.45) is 0 Å². The highest BCUT2D eigenvalue weighted by Gasteiger charge is 2.11. The lowest BCUT2D eigenvalue weighted by Gasteiger charge is -2.08. The van der Waals surface area contributed by atoms with Crippen LogP contribution in [0.25, 0.3) is 0 Å². The molecule has 0 radical (unpaired) electrons. The largest absolute Gasteiger partial charge is 0.495 e. The first kappa shape index (κ1) is 15.8. The van der Waals surface area contributed by atoms with Gasteiger partial charge in [-0.2, -0.15) is 0 Å². The molecule has 1 aromatic carbocycles. The van der Waals surface area contributed by atoms with Crippen molar-refractivity contribution in [3.63, 3.8) is 0 Å². The zero-order valence-corrected chi connectivity index (χ0v) is 12.5. The third-order valence-corrected chi connectivity index (χ3v) is 2.94. The molecule has 1 heterocycles. The molecule has 0 aliphatic carbocycles. The van der Waals surface area contributed by atoms with E-state index in [9.17, 15) is 9.59 Å². The number of hydrogen-bond acceptors (Lipinski definition) is 5. The smallest absolute Gasteiger partial charge is 0.357 e. The number of carbonyl (C=O) groups excluding carboxylic acids is 2. The molecule has 22 heavy (non-hydrogen) atoms. The zero-order valence-electron chi connectivity index (χ0n) is 11.7. The summed E-state index contributed by atoms with van der Waals surface area (Å²) in [6.07, 6.45) is 1.47. The van der Waals surface area contributed by atoms with Gasteiger partial charge in [0.25, 0.3) is 5.91 Å². The fourth-order valence-corrected chi connectivity index (χ4v) is 1.89. The summed E-state index contributed by atoms with van der Waals surface area (Å²) in [6.45, 7) is -0.418. The van der Waals surface area contributed by atoms with Crippen molar-refractivity contribution in [1.29, 1.82) is 0 Å². The van der Waals surface area contributed by atoms with Crippen molar-refractivity contribution in [3.05, 3.63) is 53.3 Å². The van der Waals surface area contributed by atoms with Crippen LogP contribution in [0.2, 0.25) is 5.02 Å². The Morgan fingerprint density at radius 1 is 1.27 bits per heavy atom. The second-order valence-corrected chi connectivity index (χ2v) is 4.60. The molecule has 0 fully saturated rings. The van der Waals surface area contributed by atoms with E-state index in [2.05, 4.69) is 10.3 Å². The Kier molecular flexibility index (Phi) is 5.32. The number of rotatable bonds is 5. The van der Waals surface area contributed by atoms with E-state index in [4.69, 9.17) is 21.1 Å². The quantitative estimate of drug-likeness (QED) is 0.857. The van der Waals surface area contributed by atoms with Gasteiger partial charge in [-0.1, -0.05) is 17.7 Å². The minimum atomic E-state index is -0.663. The number of amides is 1. The van der Waals surface area contributed by atoms with Crippen molar-refractivity contribution < 1.29 is 19.1 Å². The molecule has 0 spiro atoms. The molecule has 0 saturated heterocycles. The third kappa shape index (κ3) is 4.20. The van der Waals surface area contributed by atoms with Gasteiger partial charge in [-0.15, -0.1) is 0 Å². The molecule has 0 aliphatic rings. The molecule has 1 aromatic heterocycles. The van der Waals surface area contributed by atoms with Gasteiger partial charge in [0.05, 0.1) is 12.1 Å². The van der Waals surface area contributed by atoms with Crippen LogP contribution in [0.15, 0.2) is 42.6 Å². The van der Waals surface area contributed by atoms with Crippen LogP contribution in [-0.2, 0) is 9.53 Å². The van der Waals surface area contributed by atoms with Crippen molar-refractivity contribution in [1.82, 2.24) is 4.98 Å². The lowest BCUT2D eigenvalue weighted by Crippen LogP contribution is -2.21. The van der Waals surface area contributed by atoms with Crippen LogP contribution in [0, 0.1) is 0 Å². The lowest BCUT2D eigenvalue weighted by atomic mass is 10.3. The van der Waals surface area contributed by atoms with E-state index in [1.54, 1.807) is 30.3 Å². The van der Waals surface area contributed by atoms with Gasteiger partial charge in [0, 0.05) is 11.9 Å². The van der Waals surface area contributed by atoms with E-state index in [-0.39, 0.29) is 5.69 Å². The molecule has 0 unspecified atom stereocenters.